The Morgan fingerprint density at radius 2 is 1.83 bits per heavy atom. The lowest BCUT2D eigenvalue weighted by Crippen LogP contribution is -2.32. The van der Waals surface area contributed by atoms with E-state index in [0.717, 1.165) is 48.9 Å². The van der Waals surface area contributed by atoms with Gasteiger partial charge >= 0.3 is 0 Å². The van der Waals surface area contributed by atoms with Gasteiger partial charge in [0.2, 0.25) is 15.0 Å². The first-order valence-corrected chi connectivity index (χ1v) is 14.3. The highest BCUT2D eigenvalue weighted by Gasteiger charge is 2.30. The van der Waals surface area contributed by atoms with Crippen molar-refractivity contribution in [3.05, 3.63) is 77.1 Å². The average Bonchev–Trinajstić information content (AvgIpc) is 3.32. The lowest BCUT2D eigenvalue weighted by Gasteiger charge is -2.28. The van der Waals surface area contributed by atoms with Crippen molar-refractivity contribution in [1.29, 1.82) is 0 Å². The zero-order valence-corrected chi connectivity index (χ0v) is 22.1. The molecule has 1 aromatic heterocycles. The van der Waals surface area contributed by atoms with Gasteiger partial charge in [-0.3, -0.25) is 4.79 Å². The molecule has 3 aromatic rings. The topological polar surface area (TPSA) is 81.5 Å². The molecule has 0 atom stereocenters. The Labute approximate surface area is 214 Å². The Morgan fingerprint density at radius 1 is 1.11 bits per heavy atom. The van der Waals surface area contributed by atoms with Gasteiger partial charge in [0.15, 0.2) is 0 Å². The van der Waals surface area contributed by atoms with Crippen LogP contribution in [0.4, 0.5) is 0 Å². The highest BCUT2D eigenvalue weighted by Crippen LogP contribution is 2.33. The number of amides is 1. The van der Waals surface area contributed by atoms with Crippen LogP contribution in [0.1, 0.15) is 72.2 Å². The molecule has 2 aromatic carbocycles. The predicted octanol–water partition coefficient (Wildman–Crippen LogP) is 5.34. The first kappa shape index (κ1) is 25.9. The van der Waals surface area contributed by atoms with Crippen molar-refractivity contribution in [2.24, 2.45) is 0 Å². The molecule has 1 heterocycles. The molecule has 0 radical (unpaired) electrons. The second-order valence-corrected chi connectivity index (χ2v) is 11.4. The molecular weight excluding hydrogens is 474 g/mol. The number of hydrogen-bond acceptors (Lipinski definition) is 5. The van der Waals surface area contributed by atoms with E-state index in [2.05, 4.69) is 4.98 Å². The van der Waals surface area contributed by atoms with E-state index in [4.69, 9.17) is 4.74 Å². The summed E-state index contributed by atoms with van der Waals surface area (Å²) in [6.45, 7) is 4.67. The molecule has 4 rings (SSSR count). The Morgan fingerprint density at radius 3 is 2.47 bits per heavy atom. The van der Waals surface area contributed by atoms with Crippen molar-refractivity contribution >= 4 is 15.7 Å². The summed E-state index contributed by atoms with van der Waals surface area (Å²) in [7, 11) is -2.09. The molecule has 0 N–H and O–H groups in total. The van der Waals surface area contributed by atoms with Crippen molar-refractivity contribution < 1.29 is 17.9 Å². The van der Waals surface area contributed by atoms with Gasteiger partial charge in [-0.1, -0.05) is 49.1 Å². The van der Waals surface area contributed by atoms with Gasteiger partial charge in [0.25, 0.3) is 5.91 Å². The molecule has 0 bridgehead atoms. The minimum absolute atomic E-state index is 0.0633. The van der Waals surface area contributed by atoms with Gasteiger partial charge in [0, 0.05) is 18.2 Å². The summed E-state index contributed by atoms with van der Waals surface area (Å²) in [5.41, 5.74) is 3.09. The number of hydrogen-bond donors (Lipinski definition) is 0. The summed E-state index contributed by atoms with van der Waals surface area (Å²) in [5, 5.41) is 0.110. The van der Waals surface area contributed by atoms with Crippen molar-refractivity contribution in [3.8, 4) is 5.75 Å². The molecule has 1 saturated carbocycles. The van der Waals surface area contributed by atoms with E-state index in [1.807, 2.05) is 42.7 Å². The van der Waals surface area contributed by atoms with Crippen molar-refractivity contribution in [2.75, 3.05) is 13.7 Å². The minimum atomic E-state index is -3.68. The number of rotatable bonds is 9. The third kappa shape index (κ3) is 5.81. The van der Waals surface area contributed by atoms with E-state index >= 15 is 0 Å². The Kier molecular flexibility index (Phi) is 8.14. The van der Waals surface area contributed by atoms with E-state index in [1.54, 1.807) is 42.5 Å². The van der Waals surface area contributed by atoms with Crippen LogP contribution < -0.4 is 4.74 Å². The van der Waals surface area contributed by atoms with Gasteiger partial charge in [-0.2, -0.15) is 0 Å². The molecule has 192 valence electrons. The number of aryl methyl sites for hydroxylation is 1. The van der Waals surface area contributed by atoms with Gasteiger partial charge in [0.05, 0.1) is 31.3 Å². The number of imidazole rings is 1. The molecule has 1 amide bonds. The van der Waals surface area contributed by atoms with E-state index in [1.165, 1.54) is 0 Å². The number of carbonyl (C=O) groups excluding carboxylic acids is 1. The zero-order chi connectivity index (χ0) is 25.7. The third-order valence-electron chi connectivity index (χ3n) is 6.86. The van der Waals surface area contributed by atoms with Crippen LogP contribution in [-0.2, 0) is 22.1 Å². The van der Waals surface area contributed by atoms with Gasteiger partial charge in [-0.25, -0.2) is 13.4 Å². The second-order valence-electron chi connectivity index (χ2n) is 9.49. The molecule has 36 heavy (non-hydrogen) atoms. The first-order chi connectivity index (χ1) is 17.3. The summed E-state index contributed by atoms with van der Waals surface area (Å²) in [4.78, 5) is 19.5. The Balaban J connectivity index is 1.66. The largest absolute Gasteiger partial charge is 0.497 e. The number of ether oxygens (including phenoxy) is 1. The number of carbonyl (C=O) groups is 1. The van der Waals surface area contributed by atoms with Crippen molar-refractivity contribution in [2.45, 2.75) is 69.4 Å². The van der Waals surface area contributed by atoms with Crippen molar-refractivity contribution in [3.63, 3.8) is 0 Å². The van der Waals surface area contributed by atoms with E-state index < -0.39 is 9.84 Å². The highest BCUT2D eigenvalue weighted by atomic mass is 32.2. The molecule has 0 unspecified atom stereocenters. The first-order valence-electron chi connectivity index (χ1n) is 12.6. The number of nitrogens with zero attached hydrogens (tertiary/aromatic N) is 3. The van der Waals surface area contributed by atoms with E-state index in [9.17, 15) is 13.2 Å². The van der Waals surface area contributed by atoms with Gasteiger partial charge in [0.1, 0.15) is 5.75 Å². The fourth-order valence-corrected chi connectivity index (χ4v) is 6.51. The van der Waals surface area contributed by atoms with Gasteiger partial charge < -0.3 is 14.2 Å². The number of aromatic nitrogens is 2. The maximum atomic E-state index is 13.6. The SMILES string of the molecule is CCN(Cc1cnc(S(=O)(=O)Cc2cccc(C)c2)n1C1CCCCC1)C(=O)c1ccc(OC)cc1. The van der Waals surface area contributed by atoms with Gasteiger partial charge in [-0.05, 0) is 56.5 Å². The zero-order valence-electron chi connectivity index (χ0n) is 21.3. The number of benzene rings is 2. The maximum absolute atomic E-state index is 13.6. The fraction of sp³-hybridized carbons (Fsp3) is 0.429. The van der Waals surface area contributed by atoms with E-state index in [0.29, 0.717) is 24.4 Å². The minimum Gasteiger partial charge on any atom is -0.497 e. The normalized spacial score (nSPS) is 14.5. The molecule has 1 aliphatic carbocycles. The average molecular weight is 510 g/mol. The molecular formula is C28H35N3O4S. The quantitative estimate of drug-likeness (QED) is 0.389. The second kappa shape index (κ2) is 11.3. The molecule has 8 heteroatoms. The predicted molar refractivity (Wildman–Crippen MR) is 140 cm³/mol. The van der Waals surface area contributed by atoms with Crippen LogP contribution in [0.15, 0.2) is 59.9 Å². The summed E-state index contributed by atoms with van der Waals surface area (Å²) < 4.78 is 34.3. The highest BCUT2D eigenvalue weighted by molar-refractivity contribution is 7.90. The smallest absolute Gasteiger partial charge is 0.254 e. The van der Waals surface area contributed by atoms with E-state index in [-0.39, 0.29) is 22.9 Å². The van der Waals surface area contributed by atoms with Crippen LogP contribution in [0.5, 0.6) is 5.75 Å². The lowest BCUT2D eigenvalue weighted by atomic mass is 9.95. The molecule has 0 saturated heterocycles. The summed E-state index contributed by atoms with van der Waals surface area (Å²) in [5.74, 6) is 0.481. The van der Waals surface area contributed by atoms with Gasteiger partial charge in [-0.15, -0.1) is 0 Å². The monoisotopic (exact) mass is 509 g/mol. The Hall–Kier alpha value is -3.13. The number of methoxy groups -OCH3 is 1. The fourth-order valence-electron chi connectivity index (χ4n) is 4.98. The van der Waals surface area contributed by atoms with Crippen LogP contribution >= 0.6 is 0 Å². The summed E-state index contributed by atoms with van der Waals surface area (Å²) in [6.07, 6.45) is 6.73. The van der Waals surface area contributed by atoms with Crippen LogP contribution in [0.25, 0.3) is 0 Å². The van der Waals surface area contributed by atoms with Crippen LogP contribution in [0.3, 0.4) is 0 Å². The number of sulfone groups is 1. The van der Waals surface area contributed by atoms with Crippen LogP contribution in [-0.4, -0.2) is 42.4 Å². The molecule has 0 aliphatic heterocycles. The Bertz CT molecular complexity index is 1290. The summed E-state index contributed by atoms with van der Waals surface area (Å²) >= 11 is 0. The standard InChI is InChI=1S/C28H35N3O4S/c1-4-30(27(32)23-13-15-26(35-3)16-14-23)19-25-18-29-28(31(25)24-11-6-5-7-12-24)36(33,34)20-22-10-8-9-21(2)17-22/h8-10,13-18,24H,4-7,11-12,19-20H2,1-3H3. The molecule has 1 fully saturated rings. The third-order valence-corrected chi connectivity index (χ3v) is 8.43. The molecule has 1 aliphatic rings. The summed E-state index contributed by atoms with van der Waals surface area (Å²) in [6, 6.07) is 14.7. The van der Waals surface area contributed by atoms with Crippen LogP contribution in [0.2, 0.25) is 0 Å². The lowest BCUT2D eigenvalue weighted by molar-refractivity contribution is 0.0747. The maximum Gasteiger partial charge on any atom is 0.254 e. The van der Waals surface area contributed by atoms with Crippen LogP contribution in [0, 0.1) is 6.92 Å². The molecule has 7 nitrogen and oxygen atoms in total. The van der Waals surface area contributed by atoms with Crippen molar-refractivity contribution in [1.82, 2.24) is 14.5 Å². The molecule has 0 spiro atoms.